The normalized spacial score (nSPS) is 17.5. The highest BCUT2D eigenvalue weighted by atomic mass is 32.1. The smallest absolute Gasteiger partial charge is 0.237 e. The number of nitrogens with one attached hydrogen (secondary N) is 1. The fourth-order valence-electron chi connectivity index (χ4n) is 3.58. The molecule has 1 aliphatic heterocycles. The first-order chi connectivity index (χ1) is 13.5. The molecule has 1 aliphatic rings. The van der Waals surface area contributed by atoms with Gasteiger partial charge in [0.2, 0.25) is 11.8 Å². The summed E-state index contributed by atoms with van der Waals surface area (Å²) in [5.74, 6) is 0.374. The van der Waals surface area contributed by atoms with Crippen LogP contribution in [0.2, 0.25) is 0 Å². The SMILES string of the molecule is CC(C)CN(Cc1ccsc1)C(=O)CC1C(=O)NCCN1Cc1ccccc1. The van der Waals surface area contributed by atoms with Crippen molar-refractivity contribution in [3.63, 3.8) is 0 Å². The molecule has 1 N–H and O–H groups in total. The largest absolute Gasteiger partial charge is 0.353 e. The Labute approximate surface area is 171 Å². The Morgan fingerprint density at radius 3 is 2.71 bits per heavy atom. The number of carbonyl (C=O) groups is 2. The topological polar surface area (TPSA) is 52.7 Å². The first-order valence-corrected chi connectivity index (χ1v) is 10.8. The summed E-state index contributed by atoms with van der Waals surface area (Å²) >= 11 is 1.64. The van der Waals surface area contributed by atoms with Crippen molar-refractivity contribution in [2.45, 2.75) is 39.4 Å². The zero-order valence-electron chi connectivity index (χ0n) is 16.6. The van der Waals surface area contributed by atoms with Gasteiger partial charge in [-0.25, -0.2) is 0 Å². The Morgan fingerprint density at radius 1 is 1.25 bits per heavy atom. The van der Waals surface area contributed by atoms with Crippen LogP contribution in [0.25, 0.3) is 0 Å². The molecule has 2 amide bonds. The Kier molecular flexibility index (Phi) is 7.23. The number of thiophene rings is 1. The van der Waals surface area contributed by atoms with Gasteiger partial charge in [0.1, 0.15) is 0 Å². The molecule has 0 saturated carbocycles. The van der Waals surface area contributed by atoms with Crippen molar-refractivity contribution in [1.82, 2.24) is 15.1 Å². The summed E-state index contributed by atoms with van der Waals surface area (Å²) < 4.78 is 0. The molecule has 6 heteroatoms. The van der Waals surface area contributed by atoms with Gasteiger partial charge in [0, 0.05) is 32.7 Å². The lowest BCUT2D eigenvalue weighted by Gasteiger charge is -2.36. The maximum absolute atomic E-state index is 13.1. The van der Waals surface area contributed by atoms with E-state index in [1.807, 2.05) is 28.5 Å². The minimum Gasteiger partial charge on any atom is -0.353 e. The highest BCUT2D eigenvalue weighted by Gasteiger charge is 2.33. The van der Waals surface area contributed by atoms with Gasteiger partial charge in [0.25, 0.3) is 0 Å². The molecule has 0 radical (unpaired) electrons. The van der Waals surface area contributed by atoms with Crippen molar-refractivity contribution in [3.05, 3.63) is 58.3 Å². The summed E-state index contributed by atoms with van der Waals surface area (Å²) in [6.07, 6.45) is 0.218. The lowest BCUT2D eigenvalue weighted by atomic mass is 10.1. The van der Waals surface area contributed by atoms with Crippen molar-refractivity contribution in [1.29, 1.82) is 0 Å². The van der Waals surface area contributed by atoms with E-state index in [1.165, 1.54) is 0 Å². The van der Waals surface area contributed by atoms with Crippen LogP contribution in [0.3, 0.4) is 0 Å². The van der Waals surface area contributed by atoms with Crippen molar-refractivity contribution in [2.24, 2.45) is 5.92 Å². The van der Waals surface area contributed by atoms with Crippen molar-refractivity contribution in [3.8, 4) is 0 Å². The Hall–Kier alpha value is -2.18. The lowest BCUT2D eigenvalue weighted by molar-refractivity contribution is -0.139. The van der Waals surface area contributed by atoms with Crippen molar-refractivity contribution >= 4 is 23.2 Å². The minimum absolute atomic E-state index is 0.0417. The Morgan fingerprint density at radius 2 is 2.04 bits per heavy atom. The molecule has 5 nitrogen and oxygen atoms in total. The van der Waals surface area contributed by atoms with Crippen LogP contribution in [0.15, 0.2) is 47.2 Å². The summed E-state index contributed by atoms with van der Waals surface area (Å²) in [5, 5.41) is 7.04. The summed E-state index contributed by atoms with van der Waals surface area (Å²) in [7, 11) is 0. The summed E-state index contributed by atoms with van der Waals surface area (Å²) in [6, 6.07) is 11.8. The van der Waals surface area contributed by atoms with Gasteiger partial charge in [-0.05, 0) is 33.9 Å². The van der Waals surface area contributed by atoms with E-state index in [4.69, 9.17) is 0 Å². The molecule has 1 aromatic carbocycles. The van der Waals surface area contributed by atoms with E-state index in [0.29, 0.717) is 32.1 Å². The molecule has 0 spiro atoms. The fraction of sp³-hybridized carbons (Fsp3) is 0.455. The van der Waals surface area contributed by atoms with E-state index in [0.717, 1.165) is 17.7 Å². The van der Waals surface area contributed by atoms with Gasteiger partial charge < -0.3 is 10.2 Å². The van der Waals surface area contributed by atoms with Gasteiger partial charge in [0.05, 0.1) is 12.5 Å². The van der Waals surface area contributed by atoms with Crippen LogP contribution in [-0.2, 0) is 22.7 Å². The number of piperazine rings is 1. The van der Waals surface area contributed by atoms with E-state index >= 15 is 0 Å². The molecule has 28 heavy (non-hydrogen) atoms. The highest BCUT2D eigenvalue weighted by molar-refractivity contribution is 7.07. The number of hydrogen-bond acceptors (Lipinski definition) is 4. The molecule has 1 atom stereocenters. The fourth-order valence-corrected chi connectivity index (χ4v) is 4.24. The number of benzene rings is 1. The summed E-state index contributed by atoms with van der Waals surface area (Å²) in [6.45, 7) is 7.59. The van der Waals surface area contributed by atoms with Crippen molar-refractivity contribution < 1.29 is 9.59 Å². The molecule has 150 valence electrons. The minimum atomic E-state index is -0.418. The lowest BCUT2D eigenvalue weighted by Crippen LogP contribution is -2.56. The second-order valence-electron chi connectivity index (χ2n) is 7.77. The average Bonchev–Trinajstić information content (AvgIpc) is 3.17. The van der Waals surface area contributed by atoms with E-state index in [9.17, 15) is 9.59 Å². The first kappa shape index (κ1) is 20.6. The van der Waals surface area contributed by atoms with E-state index < -0.39 is 6.04 Å². The Bertz CT molecular complexity index is 761. The van der Waals surface area contributed by atoms with Gasteiger partial charge in [-0.15, -0.1) is 0 Å². The third-order valence-electron chi connectivity index (χ3n) is 4.93. The molecular weight excluding hydrogens is 370 g/mol. The molecule has 0 aliphatic carbocycles. The number of amides is 2. The molecule has 2 heterocycles. The standard InChI is InChI=1S/C22H29N3O2S/c1-17(2)13-25(15-19-8-11-28-16-19)21(26)12-20-22(27)23-9-10-24(20)14-18-6-4-3-5-7-18/h3-8,11,16-17,20H,9-10,12-15H2,1-2H3,(H,23,27). The maximum Gasteiger partial charge on any atom is 0.237 e. The van der Waals surface area contributed by atoms with E-state index in [-0.39, 0.29) is 18.2 Å². The number of hydrogen-bond donors (Lipinski definition) is 1. The number of nitrogens with zero attached hydrogens (tertiary/aromatic N) is 2. The van der Waals surface area contributed by atoms with Crippen molar-refractivity contribution in [2.75, 3.05) is 19.6 Å². The quantitative estimate of drug-likeness (QED) is 0.742. The number of carbonyl (C=O) groups excluding carboxylic acids is 2. The van der Waals surface area contributed by atoms with Crippen LogP contribution in [0, 0.1) is 5.92 Å². The first-order valence-electron chi connectivity index (χ1n) is 9.87. The molecular formula is C22H29N3O2S. The molecule has 0 bridgehead atoms. The van der Waals surface area contributed by atoms with Gasteiger partial charge in [-0.2, -0.15) is 11.3 Å². The average molecular weight is 400 g/mol. The predicted molar refractivity (Wildman–Crippen MR) is 113 cm³/mol. The monoisotopic (exact) mass is 399 g/mol. The van der Waals surface area contributed by atoms with Crippen LogP contribution in [0.4, 0.5) is 0 Å². The Balaban J connectivity index is 1.70. The van der Waals surface area contributed by atoms with Crippen LogP contribution in [-0.4, -0.2) is 47.3 Å². The van der Waals surface area contributed by atoms with Crippen LogP contribution < -0.4 is 5.32 Å². The van der Waals surface area contributed by atoms with Gasteiger partial charge in [-0.1, -0.05) is 44.2 Å². The molecule has 1 saturated heterocycles. The summed E-state index contributed by atoms with van der Waals surface area (Å²) in [4.78, 5) is 29.7. The third-order valence-corrected chi connectivity index (χ3v) is 5.66. The highest BCUT2D eigenvalue weighted by Crippen LogP contribution is 2.18. The van der Waals surface area contributed by atoms with Gasteiger partial charge in [0.15, 0.2) is 0 Å². The maximum atomic E-state index is 13.1. The van der Waals surface area contributed by atoms with Gasteiger partial charge >= 0.3 is 0 Å². The van der Waals surface area contributed by atoms with Crippen LogP contribution in [0.5, 0.6) is 0 Å². The van der Waals surface area contributed by atoms with E-state index in [2.05, 4.69) is 47.6 Å². The number of rotatable bonds is 8. The molecule has 1 fully saturated rings. The second kappa shape index (κ2) is 9.85. The zero-order valence-corrected chi connectivity index (χ0v) is 17.5. The van der Waals surface area contributed by atoms with Crippen LogP contribution in [0.1, 0.15) is 31.4 Å². The third kappa shape index (κ3) is 5.66. The summed E-state index contributed by atoms with van der Waals surface area (Å²) in [5.41, 5.74) is 2.31. The van der Waals surface area contributed by atoms with E-state index in [1.54, 1.807) is 11.3 Å². The van der Waals surface area contributed by atoms with Crippen LogP contribution >= 0.6 is 11.3 Å². The molecule has 1 unspecified atom stereocenters. The second-order valence-corrected chi connectivity index (χ2v) is 8.55. The molecule has 3 rings (SSSR count). The predicted octanol–water partition coefficient (Wildman–Crippen LogP) is 3.12. The molecule has 2 aromatic rings. The zero-order chi connectivity index (χ0) is 19.9. The van der Waals surface area contributed by atoms with Gasteiger partial charge in [-0.3, -0.25) is 14.5 Å². The molecule has 1 aromatic heterocycles.